The summed E-state index contributed by atoms with van der Waals surface area (Å²) in [6.45, 7) is 0. The average molecular weight is 231 g/mol. The van der Waals surface area contributed by atoms with Crippen LogP contribution in [0.5, 0.6) is 0 Å². The lowest BCUT2D eigenvalue weighted by Crippen LogP contribution is -2.19. The highest BCUT2D eigenvalue weighted by atomic mass is 32.2. The van der Waals surface area contributed by atoms with Crippen LogP contribution in [0.3, 0.4) is 0 Å². The van der Waals surface area contributed by atoms with Crippen molar-refractivity contribution in [2.24, 2.45) is 0 Å². The van der Waals surface area contributed by atoms with E-state index in [0.717, 1.165) is 12.5 Å². The van der Waals surface area contributed by atoms with Gasteiger partial charge in [0.05, 0.1) is 6.20 Å². The van der Waals surface area contributed by atoms with E-state index in [1.807, 2.05) is 0 Å². The second kappa shape index (κ2) is 2.82. The number of carboxylic acids is 1. The Morgan fingerprint density at radius 2 is 2.20 bits per heavy atom. The van der Waals surface area contributed by atoms with Crippen molar-refractivity contribution in [2.45, 2.75) is 17.6 Å². The monoisotopic (exact) mass is 231 g/mol. The fourth-order valence-corrected chi connectivity index (χ4v) is 2.70. The molecule has 0 aliphatic heterocycles. The third kappa shape index (κ3) is 1.43. The van der Waals surface area contributed by atoms with Crippen molar-refractivity contribution in [3.05, 3.63) is 17.8 Å². The first-order valence-corrected chi connectivity index (χ1v) is 6.15. The molecule has 1 N–H and O–H groups in total. The summed E-state index contributed by atoms with van der Waals surface area (Å²) in [5, 5.41) is 8.60. The van der Waals surface area contributed by atoms with Crippen molar-refractivity contribution in [3.8, 4) is 0 Å². The molecule has 1 aromatic heterocycles. The van der Waals surface area contributed by atoms with E-state index in [-0.39, 0.29) is 11.7 Å². The van der Waals surface area contributed by atoms with Crippen LogP contribution < -0.4 is 0 Å². The molecule has 1 aliphatic carbocycles. The molecule has 0 radical (unpaired) electrons. The number of carbonyl (C=O) groups is 1. The number of carboxylic acid groups (broad SMARTS) is 1. The SMILES string of the molecule is CS(=O)(=O)C1(c2ncc(C(=O)O)o2)CC1. The van der Waals surface area contributed by atoms with E-state index in [2.05, 4.69) is 4.98 Å². The van der Waals surface area contributed by atoms with Gasteiger partial charge in [-0.05, 0) is 12.8 Å². The predicted octanol–water partition coefficient (Wildman–Crippen LogP) is 0.406. The van der Waals surface area contributed by atoms with Gasteiger partial charge in [0.25, 0.3) is 0 Å². The van der Waals surface area contributed by atoms with Gasteiger partial charge in [0.15, 0.2) is 9.84 Å². The third-order valence-electron chi connectivity index (χ3n) is 2.52. The minimum atomic E-state index is -3.31. The summed E-state index contributed by atoms with van der Waals surface area (Å²) in [5.74, 6) is -1.60. The number of rotatable bonds is 3. The van der Waals surface area contributed by atoms with Crippen LogP contribution in [0.2, 0.25) is 0 Å². The lowest BCUT2D eigenvalue weighted by molar-refractivity contribution is 0.0660. The van der Waals surface area contributed by atoms with Gasteiger partial charge in [0.2, 0.25) is 11.7 Å². The van der Waals surface area contributed by atoms with Crippen LogP contribution in [0.15, 0.2) is 10.6 Å². The van der Waals surface area contributed by atoms with Gasteiger partial charge in [0, 0.05) is 6.26 Å². The average Bonchev–Trinajstić information content (AvgIpc) is 2.77. The van der Waals surface area contributed by atoms with E-state index in [9.17, 15) is 13.2 Å². The van der Waals surface area contributed by atoms with Gasteiger partial charge in [0.1, 0.15) is 4.75 Å². The van der Waals surface area contributed by atoms with E-state index in [1.165, 1.54) is 0 Å². The van der Waals surface area contributed by atoms with Gasteiger partial charge in [-0.25, -0.2) is 18.2 Å². The second-order valence-corrected chi connectivity index (χ2v) is 5.93. The van der Waals surface area contributed by atoms with Crippen LogP contribution >= 0.6 is 0 Å². The van der Waals surface area contributed by atoms with Crippen molar-refractivity contribution < 1.29 is 22.7 Å². The van der Waals surface area contributed by atoms with Gasteiger partial charge in [-0.3, -0.25) is 0 Å². The number of aromatic nitrogens is 1. The Labute approximate surface area is 85.8 Å². The summed E-state index contributed by atoms with van der Waals surface area (Å²) in [6, 6.07) is 0. The molecule has 0 aromatic carbocycles. The molecule has 0 spiro atoms. The Hall–Kier alpha value is -1.37. The van der Waals surface area contributed by atoms with Gasteiger partial charge < -0.3 is 9.52 Å². The van der Waals surface area contributed by atoms with Gasteiger partial charge in [-0.2, -0.15) is 0 Å². The Balaban J connectivity index is 2.43. The van der Waals surface area contributed by atoms with Crippen LogP contribution in [-0.4, -0.2) is 30.7 Å². The molecule has 1 aliphatic rings. The molecule has 0 atom stereocenters. The summed E-state index contributed by atoms with van der Waals surface area (Å²) < 4.78 is 26.7. The molecular weight excluding hydrogens is 222 g/mol. The number of aromatic carboxylic acids is 1. The van der Waals surface area contributed by atoms with E-state index in [0.29, 0.717) is 12.8 Å². The van der Waals surface area contributed by atoms with Crippen LogP contribution in [0, 0.1) is 0 Å². The van der Waals surface area contributed by atoms with Gasteiger partial charge in [-0.1, -0.05) is 0 Å². The molecule has 82 valence electrons. The number of hydrogen-bond donors (Lipinski definition) is 1. The fraction of sp³-hybridized carbons (Fsp3) is 0.500. The Kier molecular flexibility index (Phi) is 1.91. The van der Waals surface area contributed by atoms with E-state index in [4.69, 9.17) is 9.52 Å². The minimum Gasteiger partial charge on any atom is -0.475 e. The molecule has 0 bridgehead atoms. The lowest BCUT2D eigenvalue weighted by Gasteiger charge is -2.06. The lowest BCUT2D eigenvalue weighted by atomic mass is 10.4. The van der Waals surface area contributed by atoms with E-state index in [1.54, 1.807) is 0 Å². The summed E-state index contributed by atoms with van der Waals surface area (Å²) in [7, 11) is -3.31. The van der Waals surface area contributed by atoms with Crippen molar-refractivity contribution in [1.29, 1.82) is 0 Å². The Morgan fingerprint density at radius 3 is 2.53 bits per heavy atom. The normalized spacial score (nSPS) is 18.7. The zero-order valence-electron chi connectivity index (χ0n) is 7.93. The predicted molar refractivity (Wildman–Crippen MR) is 49.2 cm³/mol. The molecular formula is C8H9NO5S. The largest absolute Gasteiger partial charge is 0.475 e. The van der Waals surface area contributed by atoms with Crippen molar-refractivity contribution >= 4 is 15.8 Å². The van der Waals surface area contributed by atoms with Gasteiger partial charge in [-0.15, -0.1) is 0 Å². The molecule has 6 nitrogen and oxygen atoms in total. The van der Waals surface area contributed by atoms with E-state index < -0.39 is 20.6 Å². The van der Waals surface area contributed by atoms with Crippen LogP contribution in [0.4, 0.5) is 0 Å². The van der Waals surface area contributed by atoms with Crippen molar-refractivity contribution in [2.75, 3.05) is 6.26 Å². The Morgan fingerprint density at radius 1 is 1.60 bits per heavy atom. The summed E-state index contributed by atoms with van der Waals surface area (Å²) >= 11 is 0. The smallest absolute Gasteiger partial charge is 0.373 e. The topological polar surface area (TPSA) is 97.5 Å². The minimum absolute atomic E-state index is 0.0117. The molecule has 15 heavy (non-hydrogen) atoms. The van der Waals surface area contributed by atoms with Gasteiger partial charge >= 0.3 is 5.97 Å². The highest BCUT2D eigenvalue weighted by molar-refractivity contribution is 7.91. The zero-order valence-corrected chi connectivity index (χ0v) is 8.74. The maximum atomic E-state index is 11.4. The molecule has 1 aromatic rings. The first-order valence-electron chi connectivity index (χ1n) is 4.26. The third-order valence-corrected chi connectivity index (χ3v) is 4.52. The summed E-state index contributed by atoms with van der Waals surface area (Å²) in [4.78, 5) is 14.2. The maximum Gasteiger partial charge on any atom is 0.373 e. The second-order valence-electron chi connectivity index (χ2n) is 3.60. The molecule has 2 rings (SSSR count). The van der Waals surface area contributed by atoms with Crippen molar-refractivity contribution in [1.82, 2.24) is 4.98 Å². The summed E-state index contributed by atoms with van der Waals surface area (Å²) in [6.07, 6.45) is 3.00. The number of nitrogens with zero attached hydrogens (tertiary/aromatic N) is 1. The van der Waals surface area contributed by atoms with Crippen molar-refractivity contribution in [3.63, 3.8) is 0 Å². The first-order chi connectivity index (χ1) is 6.87. The fourth-order valence-electron chi connectivity index (χ4n) is 1.44. The molecule has 1 saturated carbocycles. The Bertz CT molecular complexity index is 511. The number of oxazole rings is 1. The van der Waals surface area contributed by atoms with E-state index >= 15 is 0 Å². The first kappa shape index (κ1) is 10.2. The summed E-state index contributed by atoms with van der Waals surface area (Å²) in [5.41, 5.74) is 0. The molecule has 1 heterocycles. The molecule has 0 unspecified atom stereocenters. The maximum absolute atomic E-state index is 11.4. The highest BCUT2D eigenvalue weighted by Crippen LogP contribution is 2.51. The molecule has 7 heteroatoms. The molecule has 1 fully saturated rings. The molecule has 0 amide bonds. The van der Waals surface area contributed by atoms with Crippen LogP contribution in [0.25, 0.3) is 0 Å². The molecule has 0 saturated heterocycles. The number of hydrogen-bond acceptors (Lipinski definition) is 5. The quantitative estimate of drug-likeness (QED) is 0.808. The van der Waals surface area contributed by atoms with Crippen LogP contribution in [0.1, 0.15) is 29.3 Å². The van der Waals surface area contributed by atoms with Crippen LogP contribution in [-0.2, 0) is 14.6 Å². The zero-order chi connectivity index (χ0) is 11.3. The highest BCUT2D eigenvalue weighted by Gasteiger charge is 2.57. The number of sulfone groups is 1. The standard InChI is InChI=1S/C8H9NO5S/c1-15(12,13)8(2-3-8)7-9-4-5(14-7)6(10)11/h4H,2-3H2,1H3,(H,10,11).